The molecule has 2 atom stereocenters. The minimum absolute atomic E-state index is 0.0580. The lowest BCUT2D eigenvalue weighted by Gasteiger charge is -2.20. The molecule has 6 heteroatoms. The molecule has 0 fully saturated rings. The van der Waals surface area contributed by atoms with Gasteiger partial charge in [0.05, 0.1) is 5.56 Å². The molecule has 1 amide bonds. The highest BCUT2D eigenvalue weighted by Crippen LogP contribution is 2.37. The number of benzene rings is 3. The van der Waals surface area contributed by atoms with Crippen molar-refractivity contribution in [2.75, 3.05) is 0 Å². The maximum absolute atomic E-state index is 13.5. The number of aromatic nitrogens is 1. The first-order chi connectivity index (χ1) is 16.7. The van der Waals surface area contributed by atoms with Gasteiger partial charge in [0.2, 0.25) is 5.91 Å². The van der Waals surface area contributed by atoms with E-state index in [0.717, 1.165) is 35.4 Å². The fraction of sp³-hybridized carbons (Fsp3) is 0.276. The Labute approximate surface area is 203 Å². The van der Waals surface area contributed by atoms with Gasteiger partial charge in [-0.1, -0.05) is 66.7 Å². The lowest BCUT2D eigenvalue weighted by Crippen LogP contribution is -2.34. The summed E-state index contributed by atoms with van der Waals surface area (Å²) in [6.07, 6.45) is -0.860. The minimum Gasteiger partial charge on any atom is -0.354 e. The molecule has 3 nitrogen and oxygen atoms in total. The van der Waals surface area contributed by atoms with Crippen molar-refractivity contribution in [1.29, 1.82) is 0 Å². The van der Waals surface area contributed by atoms with Crippen molar-refractivity contribution in [3.8, 4) is 0 Å². The molecule has 0 radical (unpaired) electrons. The van der Waals surface area contributed by atoms with E-state index in [9.17, 15) is 18.0 Å². The highest BCUT2D eigenvalue weighted by molar-refractivity contribution is 5.86. The molecule has 0 saturated heterocycles. The quantitative estimate of drug-likeness (QED) is 0.295. The minimum atomic E-state index is -4.45. The molecule has 0 aliphatic carbocycles. The molecule has 0 aliphatic heterocycles. The van der Waals surface area contributed by atoms with Gasteiger partial charge in [0.1, 0.15) is 0 Å². The fourth-order valence-corrected chi connectivity index (χ4v) is 4.61. The van der Waals surface area contributed by atoms with Gasteiger partial charge >= 0.3 is 6.18 Å². The first-order valence-electron chi connectivity index (χ1n) is 11.8. The van der Waals surface area contributed by atoms with Crippen LogP contribution in [0.5, 0.6) is 0 Å². The van der Waals surface area contributed by atoms with Crippen LogP contribution in [-0.4, -0.2) is 16.5 Å². The number of hydrogen-bond acceptors (Lipinski definition) is 1. The number of nitrogens with zero attached hydrogens (tertiary/aromatic N) is 1. The zero-order valence-corrected chi connectivity index (χ0v) is 19.8. The van der Waals surface area contributed by atoms with E-state index in [1.165, 1.54) is 17.7 Å². The maximum Gasteiger partial charge on any atom is 0.416 e. The molecular weight excluding hydrogens is 449 g/mol. The first-order valence-corrected chi connectivity index (χ1v) is 11.8. The summed E-state index contributed by atoms with van der Waals surface area (Å²) in [5, 5.41) is 3.98. The van der Waals surface area contributed by atoms with Gasteiger partial charge in [0.25, 0.3) is 0 Å². The molecule has 182 valence electrons. The molecule has 1 N–H and O–H groups in total. The van der Waals surface area contributed by atoms with Crippen molar-refractivity contribution < 1.29 is 18.0 Å². The number of nitrogens with one attached hydrogen (secondary N) is 1. The lowest BCUT2D eigenvalue weighted by atomic mass is 9.87. The van der Waals surface area contributed by atoms with E-state index in [1.807, 2.05) is 67.2 Å². The molecule has 0 unspecified atom stereocenters. The average Bonchev–Trinajstić information content (AvgIpc) is 3.18. The summed E-state index contributed by atoms with van der Waals surface area (Å²) in [4.78, 5) is 13.1. The molecule has 0 aliphatic rings. The smallest absolute Gasteiger partial charge is 0.354 e. The average molecular weight is 479 g/mol. The van der Waals surface area contributed by atoms with E-state index < -0.39 is 17.7 Å². The number of aryl methyl sites for hydroxylation is 2. The number of alkyl halides is 3. The van der Waals surface area contributed by atoms with Gasteiger partial charge in [0.15, 0.2) is 0 Å². The number of halogens is 3. The summed E-state index contributed by atoms with van der Waals surface area (Å²) < 4.78 is 42.4. The van der Waals surface area contributed by atoms with Gasteiger partial charge < -0.3 is 9.88 Å². The van der Waals surface area contributed by atoms with Gasteiger partial charge in [-0.05, 0) is 48.6 Å². The monoisotopic (exact) mass is 478 g/mol. The maximum atomic E-state index is 13.5. The van der Waals surface area contributed by atoms with Crippen LogP contribution in [0.1, 0.15) is 47.9 Å². The molecule has 1 aromatic heterocycles. The fourth-order valence-electron chi connectivity index (χ4n) is 4.61. The van der Waals surface area contributed by atoms with Crippen molar-refractivity contribution in [2.24, 2.45) is 7.05 Å². The van der Waals surface area contributed by atoms with Crippen molar-refractivity contribution in [3.05, 3.63) is 107 Å². The molecule has 1 heterocycles. The second-order valence-electron chi connectivity index (χ2n) is 9.09. The van der Waals surface area contributed by atoms with Gasteiger partial charge in [-0.3, -0.25) is 4.79 Å². The van der Waals surface area contributed by atoms with Gasteiger partial charge in [-0.25, -0.2) is 0 Å². The molecule has 0 bridgehead atoms. The third-order valence-electron chi connectivity index (χ3n) is 6.43. The summed E-state index contributed by atoms with van der Waals surface area (Å²) in [7, 11) is 1.90. The van der Waals surface area contributed by atoms with Crippen LogP contribution in [0.2, 0.25) is 0 Å². The van der Waals surface area contributed by atoms with Crippen LogP contribution in [0, 0.1) is 0 Å². The third-order valence-corrected chi connectivity index (χ3v) is 6.43. The Morgan fingerprint density at radius 3 is 2.43 bits per heavy atom. The Hall–Kier alpha value is -3.54. The van der Waals surface area contributed by atoms with Crippen LogP contribution in [0.15, 0.2) is 85.1 Å². The van der Waals surface area contributed by atoms with Crippen molar-refractivity contribution in [1.82, 2.24) is 9.88 Å². The zero-order chi connectivity index (χ0) is 25.0. The van der Waals surface area contributed by atoms with E-state index in [2.05, 4.69) is 17.4 Å². The van der Waals surface area contributed by atoms with Gasteiger partial charge in [0, 0.05) is 42.5 Å². The van der Waals surface area contributed by atoms with Crippen LogP contribution in [0.4, 0.5) is 13.2 Å². The summed E-state index contributed by atoms with van der Waals surface area (Å²) >= 11 is 0. The van der Waals surface area contributed by atoms with Crippen LogP contribution < -0.4 is 5.32 Å². The Morgan fingerprint density at radius 2 is 1.69 bits per heavy atom. The Balaban J connectivity index is 1.59. The SMILES string of the molecule is C[C@H](CCc1ccccc1)NC(=O)C[C@@H](c1cccc(C(F)(F)F)c1)c1cn(C)c2ccccc12. The highest BCUT2D eigenvalue weighted by Gasteiger charge is 2.32. The van der Waals surface area contributed by atoms with Crippen molar-refractivity contribution >= 4 is 16.8 Å². The van der Waals surface area contributed by atoms with E-state index >= 15 is 0 Å². The molecule has 35 heavy (non-hydrogen) atoms. The summed E-state index contributed by atoms with van der Waals surface area (Å²) in [5.41, 5.74) is 2.77. The summed E-state index contributed by atoms with van der Waals surface area (Å²) in [6.45, 7) is 1.96. The summed E-state index contributed by atoms with van der Waals surface area (Å²) in [5.74, 6) is -0.689. The van der Waals surface area contributed by atoms with Gasteiger partial charge in [-0.15, -0.1) is 0 Å². The number of carbonyl (C=O) groups is 1. The standard InChI is InChI=1S/C29H29F3N2O/c1-20(15-16-21-9-4-3-5-10-21)33-28(35)18-25(22-11-8-12-23(17-22)29(30,31)32)26-19-34(2)27-14-7-6-13-24(26)27/h3-14,17,19-20,25H,15-16,18H2,1-2H3,(H,33,35)/t20-,25+/m1/s1. The number of fused-ring (bicyclic) bond motifs is 1. The normalized spacial score (nSPS) is 13.5. The van der Waals surface area contributed by atoms with E-state index in [0.29, 0.717) is 5.56 Å². The predicted molar refractivity (Wildman–Crippen MR) is 133 cm³/mol. The van der Waals surface area contributed by atoms with Crippen molar-refractivity contribution in [2.45, 2.75) is 44.3 Å². The van der Waals surface area contributed by atoms with E-state index in [4.69, 9.17) is 0 Å². The van der Waals surface area contributed by atoms with E-state index in [-0.39, 0.29) is 18.4 Å². The molecule has 0 spiro atoms. The second kappa shape index (κ2) is 10.4. The largest absolute Gasteiger partial charge is 0.416 e. The van der Waals surface area contributed by atoms with Crippen LogP contribution in [-0.2, 0) is 24.4 Å². The molecule has 0 saturated carbocycles. The third kappa shape index (κ3) is 5.94. The Morgan fingerprint density at radius 1 is 0.971 bits per heavy atom. The number of amides is 1. The first kappa shape index (κ1) is 24.6. The molecular formula is C29H29F3N2O. The number of rotatable bonds is 8. The topological polar surface area (TPSA) is 34.0 Å². The lowest BCUT2D eigenvalue weighted by molar-refractivity contribution is -0.137. The number of hydrogen-bond donors (Lipinski definition) is 1. The molecule has 4 aromatic rings. The Kier molecular flexibility index (Phi) is 7.29. The highest BCUT2D eigenvalue weighted by atomic mass is 19.4. The van der Waals surface area contributed by atoms with Crippen LogP contribution >= 0.6 is 0 Å². The van der Waals surface area contributed by atoms with Crippen molar-refractivity contribution in [3.63, 3.8) is 0 Å². The second-order valence-corrected chi connectivity index (χ2v) is 9.09. The Bertz CT molecular complexity index is 1290. The molecule has 4 rings (SSSR count). The van der Waals surface area contributed by atoms with Crippen LogP contribution in [0.3, 0.4) is 0 Å². The predicted octanol–water partition coefficient (Wildman–Crippen LogP) is 6.86. The zero-order valence-electron chi connectivity index (χ0n) is 19.8. The number of carbonyl (C=O) groups excluding carboxylic acids is 1. The number of para-hydroxylation sites is 1. The van der Waals surface area contributed by atoms with Crippen LogP contribution in [0.25, 0.3) is 10.9 Å². The molecule has 3 aromatic carbocycles. The van der Waals surface area contributed by atoms with E-state index in [1.54, 1.807) is 6.07 Å². The van der Waals surface area contributed by atoms with Gasteiger partial charge in [-0.2, -0.15) is 13.2 Å². The summed E-state index contributed by atoms with van der Waals surface area (Å²) in [6, 6.07) is 23.1.